The van der Waals surface area contributed by atoms with Crippen molar-refractivity contribution < 1.29 is 5.11 Å². The van der Waals surface area contributed by atoms with Crippen LogP contribution in [0.5, 0.6) is 0 Å². The van der Waals surface area contributed by atoms with E-state index in [-0.39, 0.29) is 12.0 Å². The summed E-state index contributed by atoms with van der Waals surface area (Å²) in [5.41, 5.74) is 0. The molecule has 1 rings (SSSR count). The second-order valence-electron chi connectivity index (χ2n) is 3.33. The average Bonchev–Trinajstić information content (AvgIpc) is 2.18. The molecule has 0 heterocycles. The van der Waals surface area contributed by atoms with Crippen molar-refractivity contribution in [3.05, 3.63) is 0 Å². The molecule has 1 aliphatic carbocycles. The quantitative estimate of drug-likeness (QED) is 0.584. The van der Waals surface area contributed by atoms with Crippen LogP contribution in [-0.2, 0) is 0 Å². The summed E-state index contributed by atoms with van der Waals surface area (Å²) in [6.07, 6.45) is 5.78. The molecule has 0 radical (unpaired) electrons. The van der Waals surface area contributed by atoms with Gasteiger partial charge in [-0.15, -0.1) is 0 Å². The molecule has 0 amide bonds. The maximum Gasteiger partial charge on any atom is 0.0625 e. The molecule has 0 aromatic rings. The third-order valence-electron chi connectivity index (χ3n) is 2.47. The van der Waals surface area contributed by atoms with E-state index in [0.717, 1.165) is 19.3 Å². The monoisotopic (exact) mass is 153 g/mol. The molecule has 11 heavy (non-hydrogen) atoms. The molecule has 1 fully saturated rings. The first-order valence-corrected chi connectivity index (χ1v) is 4.39. The van der Waals surface area contributed by atoms with Gasteiger partial charge in [0, 0.05) is 6.42 Å². The van der Waals surface area contributed by atoms with Crippen LogP contribution in [0.1, 0.15) is 38.5 Å². The van der Waals surface area contributed by atoms with Gasteiger partial charge in [-0.05, 0) is 18.8 Å². The SMILES string of the molecule is N#CC[C@H]1CCCCC[C@H]1O. The highest BCUT2D eigenvalue weighted by atomic mass is 16.3. The van der Waals surface area contributed by atoms with Gasteiger partial charge >= 0.3 is 0 Å². The largest absolute Gasteiger partial charge is 0.393 e. The summed E-state index contributed by atoms with van der Waals surface area (Å²) >= 11 is 0. The zero-order valence-corrected chi connectivity index (χ0v) is 6.79. The van der Waals surface area contributed by atoms with Crippen LogP contribution >= 0.6 is 0 Å². The van der Waals surface area contributed by atoms with Crippen molar-refractivity contribution in [2.75, 3.05) is 0 Å². The Balaban J connectivity index is 2.40. The van der Waals surface area contributed by atoms with E-state index in [4.69, 9.17) is 5.26 Å². The van der Waals surface area contributed by atoms with E-state index in [9.17, 15) is 5.11 Å². The summed E-state index contributed by atoms with van der Waals surface area (Å²) in [5, 5.41) is 18.0. The number of hydrogen-bond donors (Lipinski definition) is 1. The summed E-state index contributed by atoms with van der Waals surface area (Å²) in [7, 11) is 0. The van der Waals surface area contributed by atoms with Gasteiger partial charge in [-0.1, -0.05) is 19.3 Å². The molecule has 1 aliphatic rings. The molecular formula is C9H15NO. The van der Waals surface area contributed by atoms with Gasteiger partial charge in [-0.3, -0.25) is 0 Å². The Kier molecular flexibility index (Phi) is 3.38. The van der Waals surface area contributed by atoms with Gasteiger partial charge in [0.1, 0.15) is 0 Å². The van der Waals surface area contributed by atoms with Crippen LogP contribution in [0.4, 0.5) is 0 Å². The Hall–Kier alpha value is -0.550. The molecule has 0 unspecified atom stereocenters. The van der Waals surface area contributed by atoms with Crippen molar-refractivity contribution in [3.63, 3.8) is 0 Å². The summed E-state index contributed by atoms with van der Waals surface area (Å²) in [6.45, 7) is 0. The fraction of sp³-hybridized carbons (Fsp3) is 0.889. The Morgan fingerprint density at radius 1 is 1.27 bits per heavy atom. The van der Waals surface area contributed by atoms with Crippen LogP contribution in [0.15, 0.2) is 0 Å². The Morgan fingerprint density at radius 3 is 2.73 bits per heavy atom. The van der Waals surface area contributed by atoms with E-state index in [2.05, 4.69) is 6.07 Å². The standard InChI is InChI=1S/C9H15NO/c10-7-6-8-4-2-1-3-5-9(8)11/h8-9,11H,1-6H2/t8-,9-/m1/s1. The molecule has 0 aromatic heterocycles. The Bertz CT molecular complexity index is 150. The molecule has 0 spiro atoms. The van der Waals surface area contributed by atoms with Crippen LogP contribution in [0.3, 0.4) is 0 Å². The van der Waals surface area contributed by atoms with Crippen LogP contribution in [0, 0.1) is 17.2 Å². The van der Waals surface area contributed by atoms with Gasteiger partial charge in [0.25, 0.3) is 0 Å². The van der Waals surface area contributed by atoms with Crippen LogP contribution in [0.2, 0.25) is 0 Å². The predicted octanol–water partition coefficient (Wildman–Crippen LogP) is 1.84. The molecule has 0 aliphatic heterocycles. The van der Waals surface area contributed by atoms with Crippen molar-refractivity contribution in [1.82, 2.24) is 0 Å². The van der Waals surface area contributed by atoms with E-state index in [0.29, 0.717) is 6.42 Å². The summed E-state index contributed by atoms with van der Waals surface area (Å²) in [4.78, 5) is 0. The highest BCUT2D eigenvalue weighted by Crippen LogP contribution is 2.25. The first-order valence-electron chi connectivity index (χ1n) is 4.39. The second-order valence-corrected chi connectivity index (χ2v) is 3.33. The molecule has 2 nitrogen and oxygen atoms in total. The topological polar surface area (TPSA) is 44.0 Å². The number of aliphatic hydroxyl groups excluding tert-OH is 1. The minimum atomic E-state index is -0.211. The summed E-state index contributed by atoms with van der Waals surface area (Å²) in [6, 6.07) is 2.14. The maximum atomic E-state index is 9.53. The third-order valence-corrected chi connectivity index (χ3v) is 2.47. The number of nitrogens with zero attached hydrogens (tertiary/aromatic N) is 1. The van der Waals surface area contributed by atoms with Crippen molar-refractivity contribution in [1.29, 1.82) is 5.26 Å². The zero-order valence-electron chi connectivity index (χ0n) is 6.79. The van der Waals surface area contributed by atoms with E-state index in [1.165, 1.54) is 12.8 Å². The molecule has 0 bridgehead atoms. The number of hydrogen-bond acceptors (Lipinski definition) is 2. The minimum Gasteiger partial charge on any atom is -0.393 e. The number of aliphatic hydroxyl groups is 1. The second kappa shape index (κ2) is 4.35. The molecule has 0 saturated heterocycles. The Labute approximate surface area is 67.8 Å². The van der Waals surface area contributed by atoms with E-state index >= 15 is 0 Å². The highest BCUT2D eigenvalue weighted by molar-refractivity contribution is 4.82. The molecular weight excluding hydrogens is 138 g/mol. The van der Waals surface area contributed by atoms with Crippen molar-refractivity contribution in [3.8, 4) is 6.07 Å². The van der Waals surface area contributed by atoms with Crippen molar-refractivity contribution in [2.45, 2.75) is 44.6 Å². The fourth-order valence-electron chi connectivity index (χ4n) is 1.72. The molecule has 2 heteroatoms. The van der Waals surface area contributed by atoms with Gasteiger partial charge in [-0.25, -0.2) is 0 Å². The number of rotatable bonds is 1. The zero-order chi connectivity index (χ0) is 8.10. The molecule has 1 saturated carbocycles. The minimum absolute atomic E-state index is 0.211. The summed E-state index contributed by atoms with van der Waals surface area (Å²) in [5.74, 6) is 0.252. The number of nitriles is 1. The fourth-order valence-corrected chi connectivity index (χ4v) is 1.72. The highest BCUT2D eigenvalue weighted by Gasteiger charge is 2.20. The normalized spacial score (nSPS) is 32.4. The van der Waals surface area contributed by atoms with Crippen LogP contribution in [-0.4, -0.2) is 11.2 Å². The van der Waals surface area contributed by atoms with Gasteiger partial charge in [0.2, 0.25) is 0 Å². The Morgan fingerprint density at radius 2 is 2.00 bits per heavy atom. The van der Waals surface area contributed by atoms with Crippen molar-refractivity contribution >= 4 is 0 Å². The maximum absolute atomic E-state index is 9.53. The first kappa shape index (κ1) is 8.55. The lowest BCUT2D eigenvalue weighted by Gasteiger charge is -2.16. The van der Waals surface area contributed by atoms with Gasteiger partial charge in [0.05, 0.1) is 12.2 Å². The van der Waals surface area contributed by atoms with E-state index < -0.39 is 0 Å². The van der Waals surface area contributed by atoms with Crippen LogP contribution in [0.25, 0.3) is 0 Å². The third kappa shape index (κ3) is 2.51. The van der Waals surface area contributed by atoms with Gasteiger partial charge in [0.15, 0.2) is 0 Å². The van der Waals surface area contributed by atoms with Gasteiger partial charge < -0.3 is 5.11 Å². The lowest BCUT2D eigenvalue weighted by atomic mass is 9.95. The van der Waals surface area contributed by atoms with E-state index in [1.54, 1.807) is 0 Å². The molecule has 2 atom stereocenters. The predicted molar refractivity (Wildman–Crippen MR) is 42.8 cm³/mol. The van der Waals surface area contributed by atoms with Crippen LogP contribution < -0.4 is 0 Å². The smallest absolute Gasteiger partial charge is 0.0625 e. The first-order chi connectivity index (χ1) is 5.34. The average molecular weight is 153 g/mol. The van der Waals surface area contributed by atoms with E-state index in [1.807, 2.05) is 0 Å². The molecule has 62 valence electrons. The lowest BCUT2D eigenvalue weighted by Crippen LogP contribution is -2.17. The molecule has 1 N–H and O–H groups in total. The van der Waals surface area contributed by atoms with Gasteiger partial charge in [-0.2, -0.15) is 5.26 Å². The summed E-state index contributed by atoms with van der Waals surface area (Å²) < 4.78 is 0. The van der Waals surface area contributed by atoms with Crippen molar-refractivity contribution in [2.24, 2.45) is 5.92 Å². The molecule has 0 aromatic carbocycles. The lowest BCUT2D eigenvalue weighted by molar-refractivity contribution is 0.103.